The summed E-state index contributed by atoms with van der Waals surface area (Å²) in [5, 5.41) is 16.5. The second kappa shape index (κ2) is 6.02. The van der Waals surface area contributed by atoms with Crippen LogP contribution in [0.15, 0.2) is 28.8 Å². The lowest BCUT2D eigenvalue weighted by molar-refractivity contribution is 0.0246. The van der Waals surface area contributed by atoms with Gasteiger partial charge in [-0.15, -0.1) is 0 Å². The third-order valence-electron chi connectivity index (χ3n) is 3.22. The van der Waals surface area contributed by atoms with Gasteiger partial charge in [-0.25, -0.2) is 0 Å². The molecule has 1 aliphatic heterocycles. The molecule has 0 radical (unpaired) electrons. The van der Waals surface area contributed by atoms with E-state index in [-0.39, 0.29) is 11.9 Å². The molecule has 0 amide bonds. The van der Waals surface area contributed by atoms with Crippen molar-refractivity contribution in [2.75, 3.05) is 19.7 Å². The van der Waals surface area contributed by atoms with Gasteiger partial charge >= 0.3 is 0 Å². The lowest BCUT2D eigenvalue weighted by atomic mass is 10.1. The quantitative estimate of drug-likeness (QED) is 0.863. The Hall–Kier alpha value is -1.92. The van der Waals surface area contributed by atoms with Crippen LogP contribution in [0.25, 0.3) is 0 Å². The van der Waals surface area contributed by atoms with E-state index in [0.29, 0.717) is 24.6 Å². The molecule has 0 saturated carbocycles. The fraction of sp³-hybridized carbons (Fsp3) is 0.429. The standard InChI is InChI=1S/C14H17N3O3/c18-11-3-1-10(2-4-11)7-13-16-14(20-17-13)8-12-9-15-5-6-19-12/h1-4,12,15,18H,5-9H2. The molecule has 3 rings (SSSR count). The predicted octanol–water partition coefficient (Wildman–Crippen LogP) is 0.897. The number of hydrogen-bond donors (Lipinski definition) is 2. The van der Waals surface area contributed by atoms with Gasteiger partial charge in [0.25, 0.3) is 0 Å². The Morgan fingerprint density at radius 1 is 1.30 bits per heavy atom. The van der Waals surface area contributed by atoms with E-state index < -0.39 is 0 Å². The summed E-state index contributed by atoms with van der Waals surface area (Å²) in [5.41, 5.74) is 1.03. The number of aromatic nitrogens is 2. The summed E-state index contributed by atoms with van der Waals surface area (Å²) >= 11 is 0. The zero-order valence-electron chi connectivity index (χ0n) is 11.1. The van der Waals surface area contributed by atoms with Gasteiger partial charge in [0.05, 0.1) is 19.1 Å². The van der Waals surface area contributed by atoms with Crippen molar-refractivity contribution in [3.63, 3.8) is 0 Å². The Labute approximate surface area is 116 Å². The molecule has 0 bridgehead atoms. The van der Waals surface area contributed by atoms with Crippen LogP contribution in [0.5, 0.6) is 5.75 Å². The van der Waals surface area contributed by atoms with E-state index >= 15 is 0 Å². The Balaban J connectivity index is 1.60. The Kier molecular flexibility index (Phi) is 3.94. The molecule has 6 heteroatoms. The number of benzene rings is 1. The van der Waals surface area contributed by atoms with Crippen LogP contribution in [-0.2, 0) is 17.6 Å². The summed E-state index contributed by atoms with van der Waals surface area (Å²) in [6.45, 7) is 2.43. The van der Waals surface area contributed by atoms with Crippen LogP contribution in [0.3, 0.4) is 0 Å². The SMILES string of the molecule is Oc1ccc(Cc2noc(CC3CNCCO3)n2)cc1. The summed E-state index contributed by atoms with van der Waals surface area (Å²) in [7, 11) is 0. The molecule has 1 saturated heterocycles. The van der Waals surface area contributed by atoms with Gasteiger partial charge in [-0.1, -0.05) is 17.3 Å². The summed E-state index contributed by atoms with van der Waals surface area (Å²) < 4.78 is 10.8. The number of phenolic OH excluding ortho intramolecular Hbond substituents is 1. The van der Waals surface area contributed by atoms with Crippen molar-refractivity contribution in [3.05, 3.63) is 41.5 Å². The number of aromatic hydroxyl groups is 1. The Morgan fingerprint density at radius 3 is 2.90 bits per heavy atom. The highest BCUT2D eigenvalue weighted by Crippen LogP contribution is 2.13. The van der Waals surface area contributed by atoms with Gasteiger partial charge in [-0.2, -0.15) is 4.98 Å². The molecule has 1 fully saturated rings. The van der Waals surface area contributed by atoms with Crippen LogP contribution in [-0.4, -0.2) is 41.0 Å². The van der Waals surface area contributed by atoms with Crippen molar-refractivity contribution in [1.82, 2.24) is 15.5 Å². The average Bonchev–Trinajstić information content (AvgIpc) is 2.90. The van der Waals surface area contributed by atoms with E-state index in [4.69, 9.17) is 9.26 Å². The number of morpholine rings is 1. The smallest absolute Gasteiger partial charge is 0.229 e. The number of phenols is 1. The third kappa shape index (κ3) is 3.34. The van der Waals surface area contributed by atoms with Crippen molar-refractivity contribution in [3.8, 4) is 5.75 Å². The molecule has 1 aromatic heterocycles. The molecule has 2 aromatic rings. The van der Waals surface area contributed by atoms with E-state index in [9.17, 15) is 5.11 Å². The molecule has 106 valence electrons. The highest BCUT2D eigenvalue weighted by Gasteiger charge is 2.17. The van der Waals surface area contributed by atoms with Gasteiger partial charge in [0.1, 0.15) is 5.75 Å². The highest BCUT2D eigenvalue weighted by molar-refractivity contribution is 5.27. The molecule has 1 aromatic carbocycles. The first-order valence-corrected chi connectivity index (χ1v) is 6.71. The van der Waals surface area contributed by atoms with Crippen molar-refractivity contribution in [1.29, 1.82) is 0 Å². The second-order valence-electron chi connectivity index (χ2n) is 4.85. The van der Waals surface area contributed by atoms with E-state index in [1.54, 1.807) is 12.1 Å². The maximum Gasteiger partial charge on any atom is 0.229 e. The van der Waals surface area contributed by atoms with Crippen molar-refractivity contribution in [2.45, 2.75) is 18.9 Å². The molecule has 1 atom stereocenters. The minimum atomic E-state index is 0.103. The average molecular weight is 275 g/mol. The van der Waals surface area contributed by atoms with Crippen LogP contribution in [0.1, 0.15) is 17.3 Å². The first-order chi connectivity index (χ1) is 9.79. The molecule has 1 aliphatic rings. The second-order valence-corrected chi connectivity index (χ2v) is 4.85. The predicted molar refractivity (Wildman–Crippen MR) is 71.5 cm³/mol. The lowest BCUT2D eigenvalue weighted by Crippen LogP contribution is -2.39. The van der Waals surface area contributed by atoms with Gasteiger partial charge < -0.3 is 19.7 Å². The minimum Gasteiger partial charge on any atom is -0.508 e. The zero-order valence-corrected chi connectivity index (χ0v) is 11.1. The summed E-state index contributed by atoms with van der Waals surface area (Å²) in [6, 6.07) is 6.99. The first kappa shape index (κ1) is 13.1. The fourth-order valence-electron chi connectivity index (χ4n) is 2.19. The number of ether oxygens (including phenoxy) is 1. The summed E-state index contributed by atoms with van der Waals surface area (Å²) in [4.78, 5) is 4.37. The molecular formula is C14H17N3O3. The molecule has 20 heavy (non-hydrogen) atoms. The van der Waals surface area contributed by atoms with Crippen molar-refractivity contribution in [2.24, 2.45) is 0 Å². The minimum absolute atomic E-state index is 0.103. The fourth-order valence-corrected chi connectivity index (χ4v) is 2.19. The van der Waals surface area contributed by atoms with Crippen molar-refractivity contribution >= 4 is 0 Å². The normalized spacial score (nSPS) is 19.1. The Bertz CT molecular complexity index is 547. The monoisotopic (exact) mass is 275 g/mol. The van der Waals surface area contributed by atoms with Gasteiger partial charge in [-0.05, 0) is 17.7 Å². The Morgan fingerprint density at radius 2 is 2.15 bits per heavy atom. The molecule has 1 unspecified atom stereocenters. The van der Waals surface area contributed by atoms with Gasteiger partial charge in [0.2, 0.25) is 5.89 Å². The zero-order chi connectivity index (χ0) is 13.8. The van der Waals surface area contributed by atoms with Gasteiger partial charge in [0, 0.05) is 19.5 Å². The van der Waals surface area contributed by atoms with E-state index in [1.165, 1.54) is 0 Å². The van der Waals surface area contributed by atoms with Crippen LogP contribution in [0, 0.1) is 0 Å². The summed E-state index contributed by atoms with van der Waals surface area (Å²) in [5.74, 6) is 1.51. The maximum atomic E-state index is 9.24. The van der Waals surface area contributed by atoms with Crippen LogP contribution in [0.4, 0.5) is 0 Å². The number of rotatable bonds is 4. The maximum absolute atomic E-state index is 9.24. The van der Waals surface area contributed by atoms with Crippen LogP contribution < -0.4 is 5.32 Å². The number of hydrogen-bond acceptors (Lipinski definition) is 6. The lowest BCUT2D eigenvalue weighted by Gasteiger charge is -2.21. The first-order valence-electron chi connectivity index (χ1n) is 6.71. The molecule has 0 spiro atoms. The van der Waals surface area contributed by atoms with Crippen LogP contribution in [0.2, 0.25) is 0 Å². The van der Waals surface area contributed by atoms with Crippen molar-refractivity contribution < 1.29 is 14.4 Å². The topological polar surface area (TPSA) is 80.4 Å². The molecule has 6 nitrogen and oxygen atoms in total. The molecule has 2 N–H and O–H groups in total. The van der Waals surface area contributed by atoms with E-state index in [0.717, 1.165) is 25.3 Å². The molecular weight excluding hydrogens is 258 g/mol. The van der Waals surface area contributed by atoms with Gasteiger partial charge in [0.15, 0.2) is 5.82 Å². The van der Waals surface area contributed by atoms with E-state index in [1.807, 2.05) is 12.1 Å². The molecule has 2 heterocycles. The van der Waals surface area contributed by atoms with E-state index in [2.05, 4.69) is 15.5 Å². The molecule has 0 aliphatic carbocycles. The van der Waals surface area contributed by atoms with Crippen LogP contribution >= 0.6 is 0 Å². The van der Waals surface area contributed by atoms with Gasteiger partial charge in [-0.3, -0.25) is 0 Å². The summed E-state index contributed by atoms with van der Waals surface area (Å²) in [6.07, 6.45) is 1.33. The number of nitrogens with one attached hydrogen (secondary N) is 1. The largest absolute Gasteiger partial charge is 0.508 e. The highest BCUT2D eigenvalue weighted by atomic mass is 16.5. The number of nitrogens with zero attached hydrogens (tertiary/aromatic N) is 2. The third-order valence-corrected chi connectivity index (χ3v) is 3.22.